The molecule has 0 bridgehead atoms. The van der Waals surface area contributed by atoms with Crippen LogP contribution in [0.3, 0.4) is 0 Å². The van der Waals surface area contributed by atoms with E-state index in [2.05, 4.69) is 49.5 Å². The zero-order valence-corrected chi connectivity index (χ0v) is 14.7. The van der Waals surface area contributed by atoms with Crippen LogP contribution >= 0.6 is 15.9 Å². The topological polar surface area (TPSA) is 59.1 Å². The molecule has 118 valence electrons. The zero-order valence-electron chi connectivity index (χ0n) is 13.1. The highest BCUT2D eigenvalue weighted by Gasteiger charge is 2.03. The predicted molar refractivity (Wildman–Crippen MR) is 93.9 cm³/mol. The first-order chi connectivity index (χ1) is 10.6. The molecule has 0 atom stereocenters. The van der Waals surface area contributed by atoms with Crippen LogP contribution in [0.25, 0.3) is 0 Å². The lowest BCUT2D eigenvalue weighted by molar-refractivity contribution is 0.198. The van der Waals surface area contributed by atoms with Gasteiger partial charge in [-0.05, 0) is 38.0 Å². The van der Waals surface area contributed by atoms with Crippen LogP contribution in [0, 0.1) is 13.8 Å². The highest BCUT2D eigenvalue weighted by atomic mass is 79.9. The Labute approximate surface area is 139 Å². The van der Waals surface area contributed by atoms with Gasteiger partial charge in [-0.2, -0.15) is 0 Å². The maximum absolute atomic E-state index is 5.04. The van der Waals surface area contributed by atoms with E-state index in [-0.39, 0.29) is 0 Å². The molecule has 0 fully saturated rings. The molecule has 2 N–H and O–H groups in total. The molecule has 0 aliphatic carbocycles. The van der Waals surface area contributed by atoms with Crippen LogP contribution in [-0.2, 0) is 4.74 Å². The van der Waals surface area contributed by atoms with Gasteiger partial charge >= 0.3 is 0 Å². The summed E-state index contributed by atoms with van der Waals surface area (Å²) in [5, 5.41) is 6.60. The normalized spacial score (nSPS) is 10.5. The summed E-state index contributed by atoms with van der Waals surface area (Å²) in [7, 11) is 1.70. The van der Waals surface area contributed by atoms with E-state index >= 15 is 0 Å². The minimum Gasteiger partial charge on any atom is -0.385 e. The summed E-state index contributed by atoms with van der Waals surface area (Å²) < 4.78 is 6.11. The van der Waals surface area contributed by atoms with Crippen molar-refractivity contribution in [3.05, 3.63) is 40.1 Å². The van der Waals surface area contributed by atoms with Crippen LogP contribution in [-0.4, -0.2) is 30.2 Å². The van der Waals surface area contributed by atoms with Crippen LogP contribution in [0.15, 0.2) is 28.7 Å². The Morgan fingerprint density at radius 1 is 1.14 bits per heavy atom. The third-order valence-corrected chi connectivity index (χ3v) is 3.97. The van der Waals surface area contributed by atoms with Crippen molar-refractivity contribution in [1.29, 1.82) is 0 Å². The maximum Gasteiger partial charge on any atom is 0.136 e. The number of hydrogen-bond acceptors (Lipinski definition) is 5. The van der Waals surface area contributed by atoms with Crippen LogP contribution in [0.2, 0.25) is 0 Å². The molecule has 5 nitrogen and oxygen atoms in total. The van der Waals surface area contributed by atoms with Gasteiger partial charge in [0.25, 0.3) is 0 Å². The molecule has 0 aliphatic heterocycles. The second-order valence-corrected chi connectivity index (χ2v) is 5.90. The Hall–Kier alpha value is -1.66. The number of aryl methyl sites for hydroxylation is 2. The van der Waals surface area contributed by atoms with Gasteiger partial charge in [0, 0.05) is 36.5 Å². The van der Waals surface area contributed by atoms with Crippen molar-refractivity contribution in [2.45, 2.75) is 20.3 Å². The summed E-state index contributed by atoms with van der Waals surface area (Å²) in [6.07, 6.45) is 0.938. The molecule has 0 amide bonds. The maximum atomic E-state index is 5.04. The average Bonchev–Trinajstić information content (AvgIpc) is 2.47. The molecule has 2 rings (SSSR count). The number of anilines is 3. The van der Waals surface area contributed by atoms with Gasteiger partial charge < -0.3 is 15.4 Å². The number of aromatic nitrogens is 2. The molecule has 2 aromatic rings. The molecule has 6 heteroatoms. The quantitative estimate of drug-likeness (QED) is 0.725. The van der Waals surface area contributed by atoms with Crippen LogP contribution < -0.4 is 10.6 Å². The molecular weight excluding hydrogens is 344 g/mol. The van der Waals surface area contributed by atoms with E-state index in [1.807, 2.05) is 25.1 Å². The van der Waals surface area contributed by atoms with Crippen molar-refractivity contribution in [2.75, 3.05) is 30.9 Å². The van der Waals surface area contributed by atoms with E-state index in [9.17, 15) is 0 Å². The number of nitrogens with zero attached hydrogens (tertiary/aromatic N) is 2. The van der Waals surface area contributed by atoms with Gasteiger partial charge in [-0.1, -0.05) is 22.0 Å². The highest BCUT2D eigenvalue weighted by molar-refractivity contribution is 9.10. The number of ether oxygens (including phenoxy) is 1. The summed E-state index contributed by atoms with van der Waals surface area (Å²) in [5.41, 5.74) is 2.19. The molecule has 0 unspecified atom stereocenters. The molecular formula is C16H21BrN4O. The van der Waals surface area contributed by atoms with Gasteiger partial charge in [-0.25, -0.2) is 9.97 Å². The summed E-state index contributed by atoms with van der Waals surface area (Å²) in [6.45, 7) is 5.50. The summed E-state index contributed by atoms with van der Waals surface area (Å²) in [4.78, 5) is 8.82. The number of hydrogen-bond donors (Lipinski definition) is 2. The second kappa shape index (κ2) is 8.10. The fraction of sp³-hybridized carbons (Fsp3) is 0.375. The fourth-order valence-electron chi connectivity index (χ4n) is 1.97. The molecule has 0 saturated heterocycles. The molecule has 1 aromatic carbocycles. The smallest absolute Gasteiger partial charge is 0.136 e. The first-order valence-corrected chi connectivity index (χ1v) is 7.99. The standard InChI is InChI=1S/C16H21BrN4O/c1-11-5-6-13(9-14(11)17)21-16-10-15(19-12(2)20-16)18-7-4-8-22-3/h5-6,9-10H,4,7-8H2,1-3H3,(H2,18,19,20,21). The highest BCUT2D eigenvalue weighted by Crippen LogP contribution is 2.23. The van der Waals surface area contributed by atoms with Gasteiger partial charge in [0.05, 0.1) is 0 Å². The van der Waals surface area contributed by atoms with Gasteiger partial charge in [0.1, 0.15) is 17.5 Å². The Kier molecular flexibility index (Phi) is 6.15. The monoisotopic (exact) mass is 364 g/mol. The molecule has 0 aliphatic rings. The minimum absolute atomic E-state index is 0.727. The first kappa shape index (κ1) is 16.7. The number of rotatable bonds is 7. The Morgan fingerprint density at radius 3 is 2.64 bits per heavy atom. The van der Waals surface area contributed by atoms with Crippen LogP contribution in [0.5, 0.6) is 0 Å². The minimum atomic E-state index is 0.727. The number of methoxy groups -OCH3 is 1. The zero-order chi connectivity index (χ0) is 15.9. The van der Waals surface area contributed by atoms with Crippen molar-refractivity contribution in [2.24, 2.45) is 0 Å². The van der Waals surface area contributed by atoms with E-state index in [0.29, 0.717) is 0 Å². The largest absolute Gasteiger partial charge is 0.385 e. The molecule has 1 heterocycles. The Morgan fingerprint density at radius 2 is 1.91 bits per heavy atom. The number of benzene rings is 1. The molecule has 0 spiro atoms. The van der Waals surface area contributed by atoms with Crippen LogP contribution in [0.1, 0.15) is 17.8 Å². The predicted octanol–water partition coefficient (Wildman–Crippen LogP) is 4.05. The van der Waals surface area contributed by atoms with Crippen molar-refractivity contribution in [3.63, 3.8) is 0 Å². The van der Waals surface area contributed by atoms with Crippen LogP contribution in [0.4, 0.5) is 17.3 Å². The van der Waals surface area contributed by atoms with E-state index in [1.165, 1.54) is 5.56 Å². The average molecular weight is 365 g/mol. The van der Waals surface area contributed by atoms with Gasteiger partial charge in [-0.3, -0.25) is 0 Å². The van der Waals surface area contributed by atoms with Gasteiger partial charge in [-0.15, -0.1) is 0 Å². The SMILES string of the molecule is COCCCNc1cc(Nc2ccc(C)c(Br)c2)nc(C)n1. The van der Waals surface area contributed by atoms with Crippen molar-refractivity contribution in [1.82, 2.24) is 9.97 Å². The lowest BCUT2D eigenvalue weighted by Gasteiger charge is -2.11. The summed E-state index contributed by atoms with van der Waals surface area (Å²) in [6, 6.07) is 8.04. The molecule has 0 radical (unpaired) electrons. The lowest BCUT2D eigenvalue weighted by Crippen LogP contribution is -2.08. The van der Waals surface area contributed by atoms with E-state index in [1.54, 1.807) is 7.11 Å². The Bertz CT molecular complexity index is 634. The van der Waals surface area contributed by atoms with Crippen molar-refractivity contribution < 1.29 is 4.74 Å². The molecule has 1 aromatic heterocycles. The third-order valence-electron chi connectivity index (χ3n) is 3.11. The van der Waals surface area contributed by atoms with E-state index in [4.69, 9.17) is 4.74 Å². The fourth-order valence-corrected chi connectivity index (χ4v) is 2.35. The Balaban J connectivity index is 2.06. The molecule has 22 heavy (non-hydrogen) atoms. The van der Waals surface area contributed by atoms with E-state index < -0.39 is 0 Å². The lowest BCUT2D eigenvalue weighted by atomic mass is 10.2. The van der Waals surface area contributed by atoms with Crippen molar-refractivity contribution >= 4 is 33.3 Å². The number of nitrogens with one attached hydrogen (secondary N) is 2. The number of halogens is 1. The summed E-state index contributed by atoms with van der Waals surface area (Å²) in [5.74, 6) is 2.32. The van der Waals surface area contributed by atoms with Gasteiger partial charge in [0.2, 0.25) is 0 Å². The summed E-state index contributed by atoms with van der Waals surface area (Å²) >= 11 is 3.54. The second-order valence-electron chi connectivity index (χ2n) is 5.05. The first-order valence-electron chi connectivity index (χ1n) is 7.20. The van der Waals surface area contributed by atoms with Gasteiger partial charge in [0.15, 0.2) is 0 Å². The van der Waals surface area contributed by atoms with Crippen molar-refractivity contribution in [3.8, 4) is 0 Å². The van der Waals surface area contributed by atoms with E-state index in [0.717, 1.165) is 47.2 Å². The third kappa shape index (κ3) is 4.96. The molecule has 0 saturated carbocycles.